The largest absolute Gasteiger partial charge is 0.377 e. The Morgan fingerprint density at radius 1 is 1.42 bits per heavy atom. The molecule has 2 heteroatoms. The Labute approximate surface area is 81.6 Å². The first-order valence-electron chi connectivity index (χ1n) is 4.64. The summed E-state index contributed by atoms with van der Waals surface area (Å²) in [6.45, 7) is 6.04. The lowest BCUT2D eigenvalue weighted by atomic mass is 10.1. The molecule has 0 radical (unpaired) electrons. The van der Waals surface area contributed by atoms with Crippen molar-refractivity contribution < 1.29 is 4.74 Å². The molecule has 12 heavy (non-hydrogen) atoms. The van der Waals surface area contributed by atoms with Crippen LogP contribution in [0.25, 0.3) is 0 Å². The van der Waals surface area contributed by atoms with E-state index in [0.29, 0.717) is 5.92 Å². The lowest BCUT2D eigenvalue weighted by molar-refractivity contribution is 0.125. The first-order chi connectivity index (χ1) is 5.81. The zero-order valence-electron chi connectivity index (χ0n) is 8.12. The highest BCUT2D eigenvalue weighted by Gasteiger charge is 1.98. The fourth-order valence-corrected chi connectivity index (χ4v) is 1.21. The van der Waals surface area contributed by atoms with Crippen LogP contribution < -0.4 is 0 Å². The van der Waals surface area contributed by atoms with Crippen molar-refractivity contribution in [3.05, 3.63) is 12.2 Å². The predicted molar refractivity (Wildman–Crippen MR) is 57.9 cm³/mol. The second kappa shape index (κ2) is 9.14. The molecule has 72 valence electrons. The Balaban J connectivity index is 3.13. The molecule has 0 N–H and O–H groups in total. The smallest absolute Gasteiger partial charge is 0.0647 e. The molecule has 1 unspecified atom stereocenters. The second-order valence-electron chi connectivity index (χ2n) is 3.09. The SMILES string of the molecule is CCCC(C)COC/C=C/CS. The van der Waals surface area contributed by atoms with E-state index in [0.717, 1.165) is 19.0 Å². The van der Waals surface area contributed by atoms with Crippen LogP contribution in [0.2, 0.25) is 0 Å². The summed E-state index contributed by atoms with van der Waals surface area (Å²) in [5, 5.41) is 0. The van der Waals surface area contributed by atoms with Crippen LogP contribution in [-0.2, 0) is 4.74 Å². The summed E-state index contributed by atoms with van der Waals surface area (Å²) in [6, 6.07) is 0. The number of thiol groups is 1. The maximum Gasteiger partial charge on any atom is 0.0647 e. The fraction of sp³-hybridized carbons (Fsp3) is 0.800. The van der Waals surface area contributed by atoms with E-state index in [-0.39, 0.29) is 0 Å². The Bertz CT molecular complexity index is 112. The highest BCUT2D eigenvalue weighted by molar-refractivity contribution is 7.80. The molecule has 0 amide bonds. The summed E-state index contributed by atoms with van der Waals surface area (Å²) in [7, 11) is 0. The van der Waals surface area contributed by atoms with Gasteiger partial charge in [-0.05, 0) is 12.3 Å². The number of hydrogen-bond donors (Lipinski definition) is 1. The number of rotatable bonds is 7. The third-order valence-electron chi connectivity index (χ3n) is 1.67. The molecule has 0 fully saturated rings. The van der Waals surface area contributed by atoms with Crippen molar-refractivity contribution in [2.24, 2.45) is 5.92 Å². The molecule has 0 bridgehead atoms. The van der Waals surface area contributed by atoms with Crippen LogP contribution in [0, 0.1) is 5.92 Å². The van der Waals surface area contributed by atoms with Gasteiger partial charge in [0, 0.05) is 12.4 Å². The van der Waals surface area contributed by atoms with Crippen molar-refractivity contribution in [1.82, 2.24) is 0 Å². The fourth-order valence-electron chi connectivity index (χ4n) is 1.06. The predicted octanol–water partition coefficient (Wildman–Crippen LogP) is 2.93. The van der Waals surface area contributed by atoms with E-state index in [1.165, 1.54) is 12.8 Å². The molecule has 0 rings (SSSR count). The van der Waals surface area contributed by atoms with Crippen molar-refractivity contribution in [1.29, 1.82) is 0 Å². The molecule has 0 heterocycles. The van der Waals surface area contributed by atoms with Crippen molar-refractivity contribution in [3.8, 4) is 0 Å². The van der Waals surface area contributed by atoms with E-state index in [1.807, 2.05) is 12.2 Å². The van der Waals surface area contributed by atoms with Crippen molar-refractivity contribution in [2.45, 2.75) is 26.7 Å². The van der Waals surface area contributed by atoms with Gasteiger partial charge in [-0.2, -0.15) is 12.6 Å². The molecule has 0 aliphatic heterocycles. The Hall–Kier alpha value is 0.0500. The van der Waals surface area contributed by atoms with Gasteiger partial charge in [0.2, 0.25) is 0 Å². The maximum atomic E-state index is 5.43. The van der Waals surface area contributed by atoms with Crippen LogP contribution in [0.15, 0.2) is 12.2 Å². The third-order valence-corrected chi connectivity index (χ3v) is 1.88. The zero-order chi connectivity index (χ0) is 9.23. The summed E-state index contributed by atoms with van der Waals surface area (Å²) in [5.74, 6) is 1.49. The molecule has 0 aromatic rings. The average Bonchev–Trinajstić information content (AvgIpc) is 2.05. The minimum absolute atomic E-state index is 0.694. The minimum Gasteiger partial charge on any atom is -0.377 e. The summed E-state index contributed by atoms with van der Waals surface area (Å²) in [6.07, 6.45) is 6.53. The third kappa shape index (κ3) is 8.15. The second-order valence-corrected chi connectivity index (χ2v) is 3.45. The summed E-state index contributed by atoms with van der Waals surface area (Å²) >= 11 is 4.05. The Morgan fingerprint density at radius 3 is 2.75 bits per heavy atom. The minimum atomic E-state index is 0.694. The average molecular weight is 188 g/mol. The van der Waals surface area contributed by atoms with Gasteiger partial charge in [-0.15, -0.1) is 0 Å². The van der Waals surface area contributed by atoms with Crippen LogP contribution in [0.5, 0.6) is 0 Å². The molecule has 0 aromatic heterocycles. The van der Waals surface area contributed by atoms with E-state index < -0.39 is 0 Å². The Morgan fingerprint density at radius 2 is 2.17 bits per heavy atom. The van der Waals surface area contributed by atoms with Crippen LogP contribution in [0.1, 0.15) is 26.7 Å². The molecular weight excluding hydrogens is 168 g/mol. The van der Waals surface area contributed by atoms with Gasteiger partial charge in [0.15, 0.2) is 0 Å². The van der Waals surface area contributed by atoms with Gasteiger partial charge in [-0.1, -0.05) is 32.4 Å². The van der Waals surface area contributed by atoms with Gasteiger partial charge < -0.3 is 4.74 Å². The molecule has 1 nitrogen and oxygen atoms in total. The first kappa shape index (κ1) is 12.0. The van der Waals surface area contributed by atoms with Gasteiger partial charge in [0.1, 0.15) is 0 Å². The van der Waals surface area contributed by atoms with Gasteiger partial charge in [-0.3, -0.25) is 0 Å². The summed E-state index contributed by atoms with van der Waals surface area (Å²) in [5.41, 5.74) is 0. The highest BCUT2D eigenvalue weighted by Crippen LogP contribution is 2.04. The van der Waals surface area contributed by atoms with Crippen LogP contribution in [-0.4, -0.2) is 19.0 Å². The molecule has 0 aliphatic carbocycles. The normalized spacial score (nSPS) is 13.9. The molecule has 0 saturated heterocycles. The maximum absolute atomic E-state index is 5.43. The number of ether oxygens (including phenoxy) is 1. The van der Waals surface area contributed by atoms with E-state index in [1.54, 1.807) is 0 Å². The molecule has 0 aliphatic rings. The molecule has 0 aromatic carbocycles. The Kier molecular flexibility index (Phi) is 9.18. The molecular formula is C10H20OS. The quantitative estimate of drug-likeness (QED) is 0.367. The van der Waals surface area contributed by atoms with Crippen molar-refractivity contribution >= 4 is 12.6 Å². The summed E-state index contributed by atoms with van der Waals surface area (Å²) < 4.78 is 5.43. The molecule has 0 spiro atoms. The summed E-state index contributed by atoms with van der Waals surface area (Å²) in [4.78, 5) is 0. The van der Waals surface area contributed by atoms with Gasteiger partial charge in [-0.25, -0.2) is 0 Å². The monoisotopic (exact) mass is 188 g/mol. The van der Waals surface area contributed by atoms with Crippen LogP contribution >= 0.6 is 12.6 Å². The van der Waals surface area contributed by atoms with Crippen molar-refractivity contribution in [2.75, 3.05) is 19.0 Å². The van der Waals surface area contributed by atoms with Gasteiger partial charge >= 0.3 is 0 Å². The molecule has 1 atom stereocenters. The lowest BCUT2D eigenvalue weighted by Crippen LogP contribution is -2.05. The zero-order valence-corrected chi connectivity index (χ0v) is 9.02. The van der Waals surface area contributed by atoms with E-state index >= 15 is 0 Å². The highest BCUT2D eigenvalue weighted by atomic mass is 32.1. The topological polar surface area (TPSA) is 9.23 Å². The van der Waals surface area contributed by atoms with E-state index in [4.69, 9.17) is 4.74 Å². The van der Waals surface area contributed by atoms with E-state index in [2.05, 4.69) is 26.5 Å². The lowest BCUT2D eigenvalue weighted by Gasteiger charge is -2.08. The van der Waals surface area contributed by atoms with Crippen LogP contribution in [0.4, 0.5) is 0 Å². The van der Waals surface area contributed by atoms with Crippen molar-refractivity contribution in [3.63, 3.8) is 0 Å². The van der Waals surface area contributed by atoms with E-state index in [9.17, 15) is 0 Å². The van der Waals surface area contributed by atoms with Crippen LogP contribution in [0.3, 0.4) is 0 Å². The first-order valence-corrected chi connectivity index (χ1v) is 5.28. The molecule has 0 saturated carbocycles. The standard InChI is InChI=1S/C10H20OS/c1-3-6-10(2)9-11-7-4-5-8-12/h4-5,10,12H,3,6-9H2,1-2H3/b5-4+. The number of hydrogen-bond acceptors (Lipinski definition) is 2. The van der Waals surface area contributed by atoms with Gasteiger partial charge in [0.25, 0.3) is 0 Å². The van der Waals surface area contributed by atoms with Gasteiger partial charge in [0.05, 0.1) is 6.61 Å².